The zero-order chi connectivity index (χ0) is 25.5. The number of urea groups is 1. The minimum atomic E-state index is -1.35. The van der Waals surface area contributed by atoms with Crippen LogP contribution in [0.1, 0.15) is 25.0 Å². The van der Waals surface area contributed by atoms with Crippen LogP contribution in [0.2, 0.25) is 0 Å². The van der Waals surface area contributed by atoms with E-state index in [-0.39, 0.29) is 12.3 Å². The van der Waals surface area contributed by atoms with E-state index in [1.54, 1.807) is 62.4 Å². The van der Waals surface area contributed by atoms with E-state index in [9.17, 15) is 19.2 Å². The van der Waals surface area contributed by atoms with Crippen LogP contribution in [-0.2, 0) is 26.3 Å². The van der Waals surface area contributed by atoms with Crippen LogP contribution in [0.4, 0.5) is 16.2 Å². The molecule has 2 heterocycles. The Morgan fingerprint density at radius 2 is 1.44 bits per heavy atom. The summed E-state index contributed by atoms with van der Waals surface area (Å²) in [7, 11) is 0. The molecule has 182 valence electrons. The second kappa shape index (κ2) is 8.64. The molecule has 2 aliphatic heterocycles. The molecular weight excluding hydrogens is 456 g/mol. The van der Waals surface area contributed by atoms with Gasteiger partial charge >= 0.3 is 6.03 Å². The topological polar surface area (TPSA) is 98.8 Å². The Morgan fingerprint density at radius 3 is 2.14 bits per heavy atom. The summed E-state index contributed by atoms with van der Waals surface area (Å²) in [6, 6.07) is 24.7. The number of para-hydroxylation sites is 2. The lowest BCUT2D eigenvalue weighted by Gasteiger charge is -2.42. The van der Waals surface area contributed by atoms with Crippen LogP contribution in [0.25, 0.3) is 0 Å². The van der Waals surface area contributed by atoms with Crippen molar-refractivity contribution in [3.8, 4) is 0 Å². The summed E-state index contributed by atoms with van der Waals surface area (Å²) in [4.78, 5) is 55.9. The fourth-order valence-electron chi connectivity index (χ4n) is 4.92. The summed E-state index contributed by atoms with van der Waals surface area (Å²) >= 11 is 0. The van der Waals surface area contributed by atoms with E-state index in [2.05, 4.69) is 10.6 Å². The zero-order valence-electron chi connectivity index (χ0n) is 20.0. The van der Waals surface area contributed by atoms with Crippen LogP contribution >= 0.6 is 0 Å². The number of nitrogens with zero attached hydrogens (tertiary/aromatic N) is 2. The Balaban J connectivity index is 1.50. The van der Waals surface area contributed by atoms with E-state index in [1.807, 2.05) is 36.4 Å². The molecule has 1 saturated heterocycles. The normalized spacial score (nSPS) is 20.6. The minimum Gasteiger partial charge on any atom is -0.322 e. The average molecular weight is 483 g/mol. The van der Waals surface area contributed by atoms with Crippen molar-refractivity contribution in [1.82, 2.24) is 10.2 Å². The molecule has 8 heteroatoms. The number of imide groups is 1. The van der Waals surface area contributed by atoms with Gasteiger partial charge in [-0.05, 0) is 37.1 Å². The predicted octanol–water partition coefficient (Wildman–Crippen LogP) is 3.44. The minimum absolute atomic E-state index is 0.230. The molecule has 1 atom stereocenters. The smallest absolute Gasteiger partial charge is 0.322 e. The van der Waals surface area contributed by atoms with Gasteiger partial charge in [0, 0.05) is 6.42 Å². The highest BCUT2D eigenvalue weighted by Crippen LogP contribution is 2.38. The Labute approximate surface area is 208 Å². The molecule has 0 spiro atoms. The molecule has 2 aliphatic rings. The van der Waals surface area contributed by atoms with Crippen molar-refractivity contribution in [2.75, 3.05) is 16.8 Å². The summed E-state index contributed by atoms with van der Waals surface area (Å²) < 4.78 is 0. The molecule has 3 aromatic rings. The first-order valence-corrected chi connectivity index (χ1v) is 11.7. The number of fused-ring (bicyclic) bond motifs is 1. The Hall–Kier alpha value is -4.46. The number of rotatable bonds is 5. The molecule has 0 radical (unpaired) electrons. The molecule has 0 aliphatic carbocycles. The lowest BCUT2D eigenvalue weighted by Crippen LogP contribution is -2.60. The van der Waals surface area contributed by atoms with E-state index >= 15 is 0 Å². The molecule has 8 nitrogen and oxygen atoms in total. The van der Waals surface area contributed by atoms with Crippen LogP contribution in [0.15, 0.2) is 84.9 Å². The molecule has 2 N–H and O–H groups in total. The Bertz CT molecular complexity index is 1360. The van der Waals surface area contributed by atoms with Gasteiger partial charge in [0.1, 0.15) is 12.1 Å². The highest BCUT2D eigenvalue weighted by molar-refractivity contribution is 6.16. The molecule has 5 amide bonds. The maximum atomic E-state index is 13.9. The second-order valence-corrected chi connectivity index (χ2v) is 9.51. The molecule has 36 heavy (non-hydrogen) atoms. The first-order chi connectivity index (χ1) is 17.2. The molecule has 1 unspecified atom stereocenters. The zero-order valence-corrected chi connectivity index (χ0v) is 20.0. The number of carbonyl (C=O) groups is 4. The van der Waals surface area contributed by atoms with Gasteiger partial charge in [-0.3, -0.25) is 24.2 Å². The molecular formula is C28H26N4O4. The van der Waals surface area contributed by atoms with Crippen molar-refractivity contribution < 1.29 is 19.2 Å². The lowest BCUT2D eigenvalue weighted by atomic mass is 9.83. The molecule has 3 aromatic carbocycles. The number of amides is 5. The summed E-state index contributed by atoms with van der Waals surface area (Å²) in [6.45, 7) is 2.76. The standard InChI is InChI=1S/C28H26N4O4/c1-27(2)24(34)29-21-15-9-10-16-22(21)32(27)23(33)18-31-25(35)28(30-26(31)36,20-13-7-4-8-14-20)17-19-11-5-3-6-12-19/h3-16H,17-18H2,1-2H3,(H,29,34)(H,30,36). The van der Waals surface area contributed by atoms with Crippen LogP contribution in [-0.4, -0.2) is 40.7 Å². The predicted molar refractivity (Wildman–Crippen MR) is 135 cm³/mol. The third-order valence-corrected chi connectivity index (χ3v) is 6.81. The second-order valence-electron chi connectivity index (χ2n) is 9.51. The third-order valence-electron chi connectivity index (χ3n) is 6.81. The number of nitrogens with one attached hydrogen (secondary N) is 2. The summed E-state index contributed by atoms with van der Waals surface area (Å²) in [6.07, 6.45) is 0.230. The summed E-state index contributed by atoms with van der Waals surface area (Å²) in [5.74, 6) is -1.40. The monoisotopic (exact) mass is 482 g/mol. The Morgan fingerprint density at radius 1 is 0.833 bits per heavy atom. The van der Waals surface area contributed by atoms with Gasteiger partial charge in [-0.15, -0.1) is 0 Å². The molecule has 0 aromatic heterocycles. The summed E-state index contributed by atoms with van der Waals surface area (Å²) in [5, 5.41) is 5.69. The fraction of sp³-hybridized carbons (Fsp3) is 0.214. The number of hydrogen-bond donors (Lipinski definition) is 2. The van der Waals surface area contributed by atoms with Gasteiger partial charge in [0.2, 0.25) is 11.8 Å². The van der Waals surface area contributed by atoms with E-state index < -0.39 is 35.5 Å². The van der Waals surface area contributed by atoms with Gasteiger partial charge in [-0.1, -0.05) is 72.8 Å². The van der Waals surface area contributed by atoms with E-state index in [4.69, 9.17) is 0 Å². The van der Waals surface area contributed by atoms with E-state index in [0.29, 0.717) is 16.9 Å². The first kappa shape index (κ1) is 23.3. The maximum Gasteiger partial charge on any atom is 0.325 e. The lowest BCUT2D eigenvalue weighted by molar-refractivity contribution is -0.135. The van der Waals surface area contributed by atoms with Crippen LogP contribution in [0.3, 0.4) is 0 Å². The third kappa shape index (κ3) is 3.71. The largest absolute Gasteiger partial charge is 0.325 e. The van der Waals surface area contributed by atoms with Gasteiger partial charge in [-0.2, -0.15) is 0 Å². The number of benzene rings is 3. The van der Waals surface area contributed by atoms with E-state index in [0.717, 1.165) is 10.5 Å². The fourth-order valence-corrected chi connectivity index (χ4v) is 4.92. The highest BCUT2D eigenvalue weighted by atomic mass is 16.2. The Kier molecular flexibility index (Phi) is 5.59. The van der Waals surface area contributed by atoms with Gasteiger partial charge in [0.25, 0.3) is 5.91 Å². The van der Waals surface area contributed by atoms with Crippen molar-refractivity contribution >= 4 is 35.1 Å². The van der Waals surface area contributed by atoms with E-state index in [1.165, 1.54) is 4.90 Å². The first-order valence-electron chi connectivity index (χ1n) is 11.7. The number of hydrogen-bond acceptors (Lipinski definition) is 4. The molecule has 5 rings (SSSR count). The van der Waals surface area contributed by atoms with Gasteiger partial charge in [0.05, 0.1) is 11.4 Å². The van der Waals surface area contributed by atoms with Crippen molar-refractivity contribution in [3.63, 3.8) is 0 Å². The number of carbonyl (C=O) groups excluding carboxylic acids is 4. The SMILES string of the molecule is CC1(C)C(=O)Nc2ccccc2N1C(=O)CN1C(=O)NC(Cc2ccccc2)(c2ccccc2)C1=O. The maximum absolute atomic E-state index is 13.9. The number of anilines is 2. The average Bonchev–Trinajstić information content (AvgIpc) is 3.10. The van der Waals surface area contributed by atoms with Gasteiger partial charge in [0.15, 0.2) is 5.54 Å². The molecule has 0 bridgehead atoms. The van der Waals surface area contributed by atoms with Crippen molar-refractivity contribution in [2.24, 2.45) is 0 Å². The van der Waals surface area contributed by atoms with Gasteiger partial charge < -0.3 is 10.6 Å². The van der Waals surface area contributed by atoms with Crippen LogP contribution in [0.5, 0.6) is 0 Å². The quantitative estimate of drug-likeness (QED) is 0.545. The highest BCUT2D eigenvalue weighted by Gasteiger charge is 2.54. The van der Waals surface area contributed by atoms with Crippen molar-refractivity contribution in [1.29, 1.82) is 0 Å². The molecule has 0 saturated carbocycles. The van der Waals surface area contributed by atoms with Crippen LogP contribution < -0.4 is 15.5 Å². The molecule has 1 fully saturated rings. The van der Waals surface area contributed by atoms with Crippen LogP contribution in [0, 0.1) is 0 Å². The van der Waals surface area contributed by atoms with Crippen molar-refractivity contribution in [3.05, 3.63) is 96.1 Å². The van der Waals surface area contributed by atoms with Gasteiger partial charge in [-0.25, -0.2) is 4.79 Å². The summed E-state index contributed by atoms with van der Waals surface area (Å²) in [5.41, 5.74) is -0.0678. The van der Waals surface area contributed by atoms with Crippen molar-refractivity contribution in [2.45, 2.75) is 31.3 Å².